The second-order valence-corrected chi connectivity index (χ2v) is 5.35. The van der Waals surface area contributed by atoms with E-state index in [9.17, 15) is 5.11 Å². The maximum Gasteiger partial charge on any atom is 0.115 e. The molecule has 0 amide bonds. The van der Waals surface area contributed by atoms with Crippen molar-refractivity contribution in [2.45, 2.75) is 32.9 Å². The molecule has 2 unspecified atom stereocenters. The van der Waals surface area contributed by atoms with Crippen LogP contribution in [0.5, 0.6) is 5.75 Å². The molecule has 0 bridgehead atoms. The van der Waals surface area contributed by atoms with Gasteiger partial charge < -0.3 is 10.4 Å². The van der Waals surface area contributed by atoms with Gasteiger partial charge in [-0.1, -0.05) is 32.4 Å². The molecule has 1 fully saturated rings. The molecular formula is C15H24N2O. The number of rotatable bonds is 4. The summed E-state index contributed by atoms with van der Waals surface area (Å²) in [5, 5.41) is 12.9. The van der Waals surface area contributed by atoms with Gasteiger partial charge in [-0.25, -0.2) is 0 Å². The maximum absolute atomic E-state index is 9.29. The third kappa shape index (κ3) is 3.47. The van der Waals surface area contributed by atoms with Crippen LogP contribution in [0.4, 0.5) is 0 Å². The number of hydrogen-bond acceptors (Lipinski definition) is 3. The van der Waals surface area contributed by atoms with E-state index < -0.39 is 0 Å². The smallest absolute Gasteiger partial charge is 0.115 e. The molecule has 0 aliphatic carbocycles. The van der Waals surface area contributed by atoms with Crippen LogP contribution >= 0.6 is 0 Å². The van der Waals surface area contributed by atoms with Gasteiger partial charge in [0.25, 0.3) is 0 Å². The van der Waals surface area contributed by atoms with Crippen LogP contribution in [0, 0.1) is 5.92 Å². The van der Waals surface area contributed by atoms with E-state index in [1.807, 2.05) is 12.1 Å². The zero-order chi connectivity index (χ0) is 13.0. The minimum Gasteiger partial charge on any atom is -0.508 e. The molecule has 0 aromatic heterocycles. The lowest BCUT2D eigenvalue weighted by atomic mass is 9.97. The molecule has 18 heavy (non-hydrogen) atoms. The Morgan fingerprint density at radius 3 is 2.78 bits per heavy atom. The Balaban J connectivity index is 1.91. The Kier molecular flexibility index (Phi) is 4.61. The van der Waals surface area contributed by atoms with Crippen molar-refractivity contribution in [1.82, 2.24) is 10.2 Å². The first-order chi connectivity index (χ1) is 8.69. The highest BCUT2D eigenvalue weighted by atomic mass is 16.3. The summed E-state index contributed by atoms with van der Waals surface area (Å²) in [4.78, 5) is 2.50. The zero-order valence-electron chi connectivity index (χ0n) is 11.4. The fourth-order valence-electron chi connectivity index (χ4n) is 2.51. The Bertz CT molecular complexity index is 363. The molecule has 1 heterocycles. The van der Waals surface area contributed by atoms with Gasteiger partial charge >= 0.3 is 0 Å². The van der Waals surface area contributed by atoms with Crippen molar-refractivity contribution in [2.24, 2.45) is 5.92 Å². The standard InChI is InChI=1S/C15H24N2O/c1-3-12(2)15-11-17(9-8-16-15)10-13-4-6-14(18)7-5-13/h4-7,12,15-16,18H,3,8-11H2,1-2H3. The quantitative estimate of drug-likeness (QED) is 0.857. The van der Waals surface area contributed by atoms with Gasteiger partial charge in [0.15, 0.2) is 0 Å². The number of phenolic OH excluding ortho intramolecular Hbond substituents is 1. The monoisotopic (exact) mass is 248 g/mol. The number of nitrogens with zero attached hydrogens (tertiary/aromatic N) is 1. The second kappa shape index (κ2) is 6.21. The normalized spacial score (nSPS) is 22.9. The number of piperazine rings is 1. The summed E-state index contributed by atoms with van der Waals surface area (Å²) in [7, 11) is 0. The van der Waals surface area contributed by atoms with E-state index in [0.717, 1.165) is 32.1 Å². The molecule has 3 nitrogen and oxygen atoms in total. The summed E-state index contributed by atoms with van der Waals surface area (Å²) in [6, 6.07) is 8.17. The lowest BCUT2D eigenvalue weighted by Crippen LogP contribution is -2.52. The van der Waals surface area contributed by atoms with Crippen LogP contribution in [-0.4, -0.2) is 35.7 Å². The zero-order valence-corrected chi connectivity index (χ0v) is 11.4. The molecule has 3 heteroatoms. The fourth-order valence-corrected chi connectivity index (χ4v) is 2.51. The van der Waals surface area contributed by atoms with Gasteiger partial charge in [0.05, 0.1) is 0 Å². The summed E-state index contributed by atoms with van der Waals surface area (Å²) in [6.07, 6.45) is 1.23. The number of hydrogen-bond donors (Lipinski definition) is 2. The first-order valence-electron chi connectivity index (χ1n) is 6.92. The van der Waals surface area contributed by atoms with E-state index >= 15 is 0 Å². The maximum atomic E-state index is 9.29. The number of nitrogens with one attached hydrogen (secondary N) is 1. The van der Waals surface area contributed by atoms with Crippen molar-refractivity contribution in [3.8, 4) is 5.75 Å². The highest BCUT2D eigenvalue weighted by Crippen LogP contribution is 2.16. The number of phenols is 1. The first-order valence-corrected chi connectivity index (χ1v) is 6.92. The van der Waals surface area contributed by atoms with Crippen LogP contribution in [0.3, 0.4) is 0 Å². The van der Waals surface area contributed by atoms with Crippen molar-refractivity contribution in [3.63, 3.8) is 0 Å². The fraction of sp³-hybridized carbons (Fsp3) is 0.600. The van der Waals surface area contributed by atoms with E-state index in [0.29, 0.717) is 11.8 Å². The second-order valence-electron chi connectivity index (χ2n) is 5.35. The van der Waals surface area contributed by atoms with Crippen LogP contribution in [0.1, 0.15) is 25.8 Å². The molecule has 0 spiro atoms. The lowest BCUT2D eigenvalue weighted by Gasteiger charge is -2.36. The minimum atomic E-state index is 0.344. The molecular weight excluding hydrogens is 224 g/mol. The molecule has 1 aromatic rings. The molecule has 0 radical (unpaired) electrons. The van der Waals surface area contributed by atoms with Crippen LogP contribution in [0.25, 0.3) is 0 Å². The van der Waals surface area contributed by atoms with Gasteiger partial charge in [-0.05, 0) is 23.6 Å². The van der Waals surface area contributed by atoms with Crippen LogP contribution in [-0.2, 0) is 6.54 Å². The van der Waals surface area contributed by atoms with Gasteiger partial charge in [0, 0.05) is 32.2 Å². The molecule has 2 rings (SSSR count). The van der Waals surface area contributed by atoms with Crippen molar-refractivity contribution in [2.75, 3.05) is 19.6 Å². The first kappa shape index (κ1) is 13.4. The van der Waals surface area contributed by atoms with Crippen molar-refractivity contribution >= 4 is 0 Å². The average molecular weight is 248 g/mol. The Labute approximate surface area is 110 Å². The predicted octanol–water partition coefficient (Wildman–Crippen LogP) is 2.21. The Morgan fingerprint density at radius 2 is 2.11 bits per heavy atom. The van der Waals surface area contributed by atoms with E-state index in [2.05, 4.69) is 24.1 Å². The molecule has 2 N–H and O–H groups in total. The van der Waals surface area contributed by atoms with E-state index in [1.54, 1.807) is 12.1 Å². The van der Waals surface area contributed by atoms with Gasteiger partial charge in [-0.2, -0.15) is 0 Å². The van der Waals surface area contributed by atoms with E-state index in [1.165, 1.54) is 12.0 Å². The van der Waals surface area contributed by atoms with Crippen LogP contribution in [0.15, 0.2) is 24.3 Å². The molecule has 0 saturated carbocycles. The lowest BCUT2D eigenvalue weighted by molar-refractivity contribution is 0.162. The third-order valence-corrected chi connectivity index (χ3v) is 3.96. The summed E-state index contributed by atoms with van der Waals surface area (Å²) in [6.45, 7) is 8.86. The molecule has 1 saturated heterocycles. The summed E-state index contributed by atoms with van der Waals surface area (Å²) < 4.78 is 0. The van der Waals surface area contributed by atoms with Crippen molar-refractivity contribution < 1.29 is 5.11 Å². The molecule has 1 aliphatic rings. The summed E-state index contributed by atoms with van der Waals surface area (Å²) in [5.74, 6) is 1.07. The van der Waals surface area contributed by atoms with Gasteiger partial charge in [0.1, 0.15) is 5.75 Å². The largest absolute Gasteiger partial charge is 0.508 e. The van der Waals surface area contributed by atoms with E-state index in [-0.39, 0.29) is 0 Å². The van der Waals surface area contributed by atoms with Crippen LogP contribution < -0.4 is 5.32 Å². The summed E-state index contributed by atoms with van der Waals surface area (Å²) >= 11 is 0. The summed E-state index contributed by atoms with van der Waals surface area (Å²) in [5.41, 5.74) is 1.28. The molecule has 1 aromatic carbocycles. The number of benzene rings is 1. The average Bonchev–Trinajstić information content (AvgIpc) is 2.41. The molecule has 2 atom stereocenters. The third-order valence-electron chi connectivity index (χ3n) is 3.96. The van der Waals surface area contributed by atoms with E-state index in [4.69, 9.17) is 0 Å². The van der Waals surface area contributed by atoms with Gasteiger partial charge in [0.2, 0.25) is 0 Å². The Hall–Kier alpha value is -1.06. The topological polar surface area (TPSA) is 35.5 Å². The molecule has 1 aliphatic heterocycles. The number of aromatic hydroxyl groups is 1. The SMILES string of the molecule is CCC(C)C1CN(Cc2ccc(O)cc2)CCN1. The van der Waals surface area contributed by atoms with Crippen molar-refractivity contribution in [1.29, 1.82) is 0 Å². The Morgan fingerprint density at radius 1 is 1.39 bits per heavy atom. The highest BCUT2D eigenvalue weighted by molar-refractivity contribution is 5.25. The van der Waals surface area contributed by atoms with Crippen LogP contribution in [0.2, 0.25) is 0 Å². The van der Waals surface area contributed by atoms with Gasteiger partial charge in [-0.3, -0.25) is 4.90 Å². The predicted molar refractivity (Wildman–Crippen MR) is 74.6 cm³/mol. The molecule has 100 valence electrons. The van der Waals surface area contributed by atoms with Crippen molar-refractivity contribution in [3.05, 3.63) is 29.8 Å². The van der Waals surface area contributed by atoms with Gasteiger partial charge in [-0.15, -0.1) is 0 Å². The minimum absolute atomic E-state index is 0.344. The highest BCUT2D eigenvalue weighted by Gasteiger charge is 2.22.